The van der Waals surface area contributed by atoms with Crippen LogP contribution in [0.5, 0.6) is 5.75 Å². The number of hydrogen-bond acceptors (Lipinski definition) is 6. The molecule has 7 heteroatoms. The first-order chi connectivity index (χ1) is 8.95. The summed E-state index contributed by atoms with van der Waals surface area (Å²) in [7, 11) is 0.999. The van der Waals surface area contributed by atoms with Crippen molar-refractivity contribution >= 4 is 13.7 Å². The van der Waals surface area contributed by atoms with E-state index in [0.717, 1.165) is 0 Å². The van der Waals surface area contributed by atoms with Gasteiger partial charge < -0.3 is 18.2 Å². The van der Waals surface area contributed by atoms with Gasteiger partial charge in [-0.15, -0.1) is 0 Å². The molecular weight excluding hydrogens is 271 g/mol. The number of ether oxygens (including phenoxy) is 1. The summed E-state index contributed by atoms with van der Waals surface area (Å²) in [5.41, 5.74) is 0.173. The largest absolute Gasteiger partial charge is 0.496 e. The van der Waals surface area contributed by atoms with Crippen LogP contribution in [0.1, 0.15) is 11.3 Å². The maximum atomic E-state index is 11.8. The SMILES string of the molecule is COc1cc(=O)oc(/C=C/CP(=O)(OC)OC)c1C. The number of methoxy groups -OCH3 is 1. The smallest absolute Gasteiger partial charge is 0.339 e. The van der Waals surface area contributed by atoms with Gasteiger partial charge in [0.1, 0.15) is 11.5 Å². The van der Waals surface area contributed by atoms with Gasteiger partial charge in [-0.25, -0.2) is 4.79 Å². The van der Waals surface area contributed by atoms with Gasteiger partial charge in [-0.2, -0.15) is 0 Å². The Kier molecular flexibility index (Phi) is 5.54. The van der Waals surface area contributed by atoms with E-state index in [-0.39, 0.29) is 6.16 Å². The Morgan fingerprint density at radius 3 is 2.47 bits per heavy atom. The summed E-state index contributed by atoms with van der Waals surface area (Å²) >= 11 is 0. The Morgan fingerprint density at radius 1 is 1.32 bits per heavy atom. The summed E-state index contributed by atoms with van der Waals surface area (Å²) in [6.07, 6.45) is 3.20. The molecule has 19 heavy (non-hydrogen) atoms. The molecule has 0 saturated heterocycles. The highest BCUT2D eigenvalue weighted by Crippen LogP contribution is 2.46. The second-order valence-corrected chi connectivity index (χ2v) is 6.00. The van der Waals surface area contributed by atoms with Crippen LogP contribution in [0.2, 0.25) is 0 Å². The minimum absolute atomic E-state index is 0.0837. The molecule has 0 saturated carbocycles. The van der Waals surface area contributed by atoms with Gasteiger partial charge in [-0.05, 0) is 13.0 Å². The van der Waals surface area contributed by atoms with Gasteiger partial charge in [0.25, 0.3) is 0 Å². The minimum Gasteiger partial charge on any atom is -0.496 e. The van der Waals surface area contributed by atoms with Crippen LogP contribution in [0.4, 0.5) is 0 Å². The Bertz CT molecular complexity index is 552. The molecule has 0 bridgehead atoms. The van der Waals surface area contributed by atoms with E-state index in [1.165, 1.54) is 27.4 Å². The topological polar surface area (TPSA) is 75.0 Å². The van der Waals surface area contributed by atoms with Crippen molar-refractivity contribution in [1.29, 1.82) is 0 Å². The molecule has 0 aromatic carbocycles. The predicted molar refractivity (Wildman–Crippen MR) is 71.8 cm³/mol. The van der Waals surface area contributed by atoms with E-state index in [1.807, 2.05) is 0 Å². The van der Waals surface area contributed by atoms with E-state index in [9.17, 15) is 9.36 Å². The zero-order valence-corrected chi connectivity index (χ0v) is 12.2. The number of hydrogen-bond donors (Lipinski definition) is 0. The molecule has 0 aliphatic rings. The van der Waals surface area contributed by atoms with E-state index in [4.69, 9.17) is 18.2 Å². The molecule has 1 aromatic heterocycles. The van der Waals surface area contributed by atoms with Crippen molar-refractivity contribution in [3.05, 3.63) is 33.9 Å². The number of rotatable bonds is 6. The second-order valence-electron chi connectivity index (χ2n) is 3.68. The molecule has 0 unspecified atom stereocenters. The molecule has 0 fully saturated rings. The third-order valence-electron chi connectivity index (χ3n) is 2.57. The normalized spacial score (nSPS) is 12.0. The summed E-state index contributed by atoms with van der Waals surface area (Å²) in [6.45, 7) is 1.76. The molecular formula is C12H17O6P. The lowest BCUT2D eigenvalue weighted by molar-refractivity contribution is 0.279. The summed E-state index contributed by atoms with van der Waals surface area (Å²) in [5, 5.41) is 0. The van der Waals surface area contributed by atoms with Gasteiger partial charge >= 0.3 is 13.2 Å². The van der Waals surface area contributed by atoms with Crippen molar-refractivity contribution < 1.29 is 22.8 Å². The highest BCUT2D eigenvalue weighted by molar-refractivity contribution is 7.54. The van der Waals surface area contributed by atoms with Crippen molar-refractivity contribution in [2.45, 2.75) is 6.92 Å². The van der Waals surface area contributed by atoms with Crippen molar-refractivity contribution in [2.24, 2.45) is 0 Å². The van der Waals surface area contributed by atoms with E-state index in [1.54, 1.807) is 19.1 Å². The van der Waals surface area contributed by atoms with Gasteiger partial charge in [0.2, 0.25) is 0 Å². The average molecular weight is 288 g/mol. The minimum atomic E-state index is -3.10. The molecule has 0 aliphatic carbocycles. The van der Waals surface area contributed by atoms with Gasteiger partial charge in [0.15, 0.2) is 0 Å². The van der Waals surface area contributed by atoms with Crippen LogP contribution in [0.3, 0.4) is 0 Å². The lowest BCUT2D eigenvalue weighted by Gasteiger charge is -2.10. The van der Waals surface area contributed by atoms with E-state index in [2.05, 4.69) is 0 Å². The van der Waals surface area contributed by atoms with Gasteiger partial charge in [-0.1, -0.05) is 6.08 Å². The molecule has 6 nitrogen and oxygen atoms in total. The third kappa shape index (κ3) is 4.06. The van der Waals surface area contributed by atoms with E-state index >= 15 is 0 Å². The fraction of sp³-hybridized carbons (Fsp3) is 0.417. The molecule has 1 aromatic rings. The number of allylic oxidation sites excluding steroid dienone is 1. The second kappa shape index (κ2) is 6.70. The van der Waals surface area contributed by atoms with Crippen molar-refractivity contribution in [2.75, 3.05) is 27.5 Å². The molecule has 1 rings (SSSR count). The maximum absolute atomic E-state index is 11.8. The van der Waals surface area contributed by atoms with Crippen LogP contribution >= 0.6 is 7.60 Å². The molecule has 0 radical (unpaired) electrons. The van der Waals surface area contributed by atoms with Crippen LogP contribution in [-0.4, -0.2) is 27.5 Å². The highest BCUT2D eigenvalue weighted by atomic mass is 31.2. The molecule has 1 heterocycles. The van der Waals surface area contributed by atoms with Crippen LogP contribution in [0, 0.1) is 6.92 Å². The Labute approximate surface area is 111 Å². The summed E-state index contributed by atoms with van der Waals surface area (Å²) in [4.78, 5) is 11.3. The summed E-state index contributed by atoms with van der Waals surface area (Å²) in [6, 6.07) is 1.27. The molecule has 106 valence electrons. The van der Waals surface area contributed by atoms with Crippen molar-refractivity contribution in [3.63, 3.8) is 0 Å². The first-order valence-corrected chi connectivity index (χ1v) is 7.24. The standard InChI is InChI=1S/C12H17O6P/c1-9-10(18-12(13)8-11(9)15-2)6-5-7-19(14,16-3)17-4/h5-6,8H,7H2,1-4H3/b6-5+. The Hall–Kier alpha value is -1.36. The van der Waals surface area contributed by atoms with Crippen LogP contribution < -0.4 is 10.4 Å². The van der Waals surface area contributed by atoms with Gasteiger partial charge in [0, 0.05) is 19.8 Å². The van der Waals surface area contributed by atoms with Crippen molar-refractivity contribution in [1.82, 2.24) is 0 Å². The maximum Gasteiger partial charge on any atom is 0.339 e. The molecule has 0 amide bonds. The zero-order valence-electron chi connectivity index (χ0n) is 11.3. The Balaban J connectivity index is 2.97. The average Bonchev–Trinajstić information content (AvgIpc) is 2.41. The first-order valence-electron chi connectivity index (χ1n) is 5.51. The Morgan fingerprint density at radius 2 is 1.95 bits per heavy atom. The molecule has 0 aliphatic heterocycles. The van der Waals surface area contributed by atoms with Crippen LogP contribution in [0.15, 0.2) is 21.4 Å². The van der Waals surface area contributed by atoms with E-state index < -0.39 is 13.2 Å². The molecule has 0 N–H and O–H groups in total. The van der Waals surface area contributed by atoms with Gasteiger partial charge in [0.05, 0.1) is 19.3 Å². The van der Waals surface area contributed by atoms with Crippen LogP contribution in [-0.2, 0) is 13.6 Å². The van der Waals surface area contributed by atoms with Crippen LogP contribution in [0.25, 0.3) is 6.08 Å². The monoisotopic (exact) mass is 288 g/mol. The zero-order chi connectivity index (χ0) is 14.5. The quantitative estimate of drug-likeness (QED) is 0.748. The first kappa shape index (κ1) is 15.7. The molecule has 0 atom stereocenters. The lowest BCUT2D eigenvalue weighted by atomic mass is 10.2. The molecule has 0 spiro atoms. The predicted octanol–water partition coefficient (Wildman–Crippen LogP) is 2.46. The highest BCUT2D eigenvalue weighted by Gasteiger charge is 2.18. The van der Waals surface area contributed by atoms with Crippen molar-refractivity contribution in [3.8, 4) is 5.75 Å². The van der Waals surface area contributed by atoms with Gasteiger partial charge in [-0.3, -0.25) is 4.57 Å². The third-order valence-corrected chi connectivity index (χ3v) is 4.34. The summed E-state index contributed by atoms with van der Waals surface area (Å²) in [5.74, 6) is 0.792. The fourth-order valence-electron chi connectivity index (χ4n) is 1.43. The van der Waals surface area contributed by atoms with E-state index in [0.29, 0.717) is 17.1 Å². The summed E-state index contributed by atoms with van der Waals surface area (Å²) < 4.78 is 31.5. The fourth-order valence-corrected chi connectivity index (χ4v) is 2.25. The lowest BCUT2D eigenvalue weighted by Crippen LogP contribution is -2.02.